The van der Waals surface area contributed by atoms with Crippen LogP contribution in [0.2, 0.25) is 0 Å². The number of hydrogen-bond donors (Lipinski definition) is 2. The summed E-state index contributed by atoms with van der Waals surface area (Å²) in [4.78, 5) is 37.6. The molecule has 2 N–H and O–H groups in total. The van der Waals surface area contributed by atoms with E-state index in [1.165, 1.54) is 141 Å². The van der Waals surface area contributed by atoms with Crippen LogP contribution in [0.3, 0.4) is 0 Å². The van der Waals surface area contributed by atoms with Gasteiger partial charge < -0.3 is 19.4 Å². The molecular formula is C61H114N2O7P+. The lowest BCUT2D eigenvalue weighted by Crippen LogP contribution is -2.47. The van der Waals surface area contributed by atoms with Gasteiger partial charge in [0.2, 0.25) is 5.91 Å². The van der Waals surface area contributed by atoms with E-state index in [1.54, 1.807) is 0 Å². The van der Waals surface area contributed by atoms with Gasteiger partial charge >= 0.3 is 13.8 Å². The van der Waals surface area contributed by atoms with Gasteiger partial charge in [-0.2, -0.15) is 0 Å². The number of amides is 1. The number of nitrogens with zero attached hydrogens (tertiary/aromatic N) is 1. The average molecular weight is 1020 g/mol. The molecule has 0 bridgehead atoms. The molecule has 1 amide bonds. The zero-order valence-corrected chi connectivity index (χ0v) is 48.1. The van der Waals surface area contributed by atoms with Gasteiger partial charge in [-0.05, 0) is 89.5 Å². The van der Waals surface area contributed by atoms with E-state index in [4.69, 9.17) is 13.8 Å². The van der Waals surface area contributed by atoms with Crippen LogP contribution in [-0.4, -0.2) is 74.3 Å². The molecule has 0 radical (unpaired) electrons. The highest BCUT2D eigenvalue weighted by Crippen LogP contribution is 2.43. The first-order chi connectivity index (χ1) is 34.4. The summed E-state index contributed by atoms with van der Waals surface area (Å²) in [5.41, 5.74) is 0. The van der Waals surface area contributed by atoms with Crippen molar-refractivity contribution in [3.05, 3.63) is 60.8 Å². The molecule has 0 aromatic rings. The van der Waals surface area contributed by atoms with Crippen LogP contribution in [-0.2, 0) is 27.9 Å². The van der Waals surface area contributed by atoms with Crippen LogP contribution in [0.25, 0.3) is 0 Å². The Kier molecular flexibility index (Phi) is 49.6. The quantitative estimate of drug-likeness (QED) is 0.0156. The molecule has 0 rings (SSSR count). The number of rotatable bonds is 53. The minimum absolute atomic E-state index is 0.0327. The monoisotopic (exact) mass is 1020 g/mol. The fourth-order valence-electron chi connectivity index (χ4n) is 8.31. The van der Waals surface area contributed by atoms with E-state index >= 15 is 0 Å². The summed E-state index contributed by atoms with van der Waals surface area (Å²) < 4.78 is 30.6. The lowest BCUT2D eigenvalue weighted by molar-refractivity contribution is -0.870. The van der Waals surface area contributed by atoms with Crippen LogP contribution < -0.4 is 5.32 Å². The van der Waals surface area contributed by atoms with Crippen molar-refractivity contribution in [3.63, 3.8) is 0 Å². The van der Waals surface area contributed by atoms with Gasteiger partial charge in [0.1, 0.15) is 19.3 Å². The molecule has 0 spiro atoms. The van der Waals surface area contributed by atoms with E-state index in [2.05, 4.69) is 74.7 Å². The number of ether oxygens (including phenoxy) is 1. The number of phosphoric ester groups is 1. The first kappa shape index (κ1) is 68.7. The zero-order valence-electron chi connectivity index (χ0n) is 47.2. The topological polar surface area (TPSA) is 111 Å². The van der Waals surface area contributed by atoms with E-state index in [1.807, 2.05) is 33.3 Å². The van der Waals surface area contributed by atoms with Gasteiger partial charge in [0.25, 0.3) is 0 Å². The molecule has 71 heavy (non-hydrogen) atoms. The van der Waals surface area contributed by atoms with Crippen LogP contribution >= 0.6 is 7.82 Å². The lowest BCUT2D eigenvalue weighted by atomic mass is 10.0. The van der Waals surface area contributed by atoms with Crippen molar-refractivity contribution in [2.75, 3.05) is 40.9 Å². The van der Waals surface area contributed by atoms with Gasteiger partial charge in [-0.15, -0.1) is 0 Å². The maximum atomic E-state index is 13.5. The van der Waals surface area contributed by atoms with Crippen molar-refractivity contribution in [1.29, 1.82) is 0 Å². The highest BCUT2D eigenvalue weighted by Gasteiger charge is 2.30. The number of unbranched alkanes of at least 4 members (excludes halogenated alkanes) is 30. The third-order valence-electron chi connectivity index (χ3n) is 13.0. The second-order valence-corrected chi connectivity index (χ2v) is 22.6. The number of likely N-dealkylation sites (N-methyl/N-ethyl adjacent to an activating group) is 1. The fourth-order valence-corrected chi connectivity index (χ4v) is 9.05. The van der Waals surface area contributed by atoms with Gasteiger partial charge in [-0.3, -0.25) is 18.6 Å². The number of allylic oxidation sites excluding steroid dienone is 9. The largest absolute Gasteiger partial charge is 0.472 e. The second kappa shape index (κ2) is 51.2. The van der Waals surface area contributed by atoms with Crippen LogP contribution in [0.15, 0.2) is 60.8 Å². The number of esters is 1. The summed E-state index contributed by atoms with van der Waals surface area (Å²) in [7, 11) is 1.47. The Bertz CT molecular complexity index is 1400. The maximum Gasteiger partial charge on any atom is 0.472 e. The van der Waals surface area contributed by atoms with E-state index in [0.29, 0.717) is 23.9 Å². The Morgan fingerprint density at radius 2 is 0.901 bits per heavy atom. The van der Waals surface area contributed by atoms with Crippen LogP contribution in [0.5, 0.6) is 0 Å². The number of hydrogen-bond acceptors (Lipinski definition) is 6. The number of carbonyl (C=O) groups is 2. The maximum absolute atomic E-state index is 13.5. The van der Waals surface area contributed by atoms with E-state index < -0.39 is 20.0 Å². The predicted molar refractivity (Wildman–Crippen MR) is 305 cm³/mol. The van der Waals surface area contributed by atoms with E-state index in [-0.39, 0.29) is 31.5 Å². The fraction of sp³-hybridized carbons (Fsp3) is 0.803. The number of phosphoric acid groups is 1. The van der Waals surface area contributed by atoms with E-state index in [9.17, 15) is 19.0 Å². The van der Waals surface area contributed by atoms with Crippen LogP contribution in [0.1, 0.15) is 265 Å². The summed E-state index contributed by atoms with van der Waals surface area (Å²) in [5.74, 6) is -0.542. The van der Waals surface area contributed by atoms with Crippen LogP contribution in [0.4, 0.5) is 0 Å². The predicted octanol–water partition coefficient (Wildman–Crippen LogP) is 17.9. The van der Waals surface area contributed by atoms with Gasteiger partial charge in [0.15, 0.2) is 0 Å². The van der Waals surface area contributed by atoms with Gasteiger partial charge in [-0.1, -0.05) is 223 Å². The number of nitrogens with one attached hydrogen (secondary N) is 1. The minimum Gasteiger partial charge on any atom is -0.456 e. The molecule has 0 fully saturated rings. The summed E-state index contributed by atoms with van der Waals surface area (Å²) in [5, 5.41) is 3.03. The molecule has 0 aliphatic carbocycles. The Morgan fingerprint density at radius 3 is 1.39 bits per heavy atom. The molecule has 0 saturated heterocycles. The molecule has 0 aliphatic rings. The summed E-state index contributed by atoms with van der Waals surface area (Å²) in [6.45, 7) is 6.96. The van der Waals surface area contributed by atoms with Crippen LogP contribution in [0, 0.1) is 0 Å². The van der Waals surface area contributed by atoms with E-state index in [0.717, 1.165) is 83.5 Å². The smallest absolute Gasteiger partial charge is 0.456 e. The van der Waals surface area contributed by atoms with Crippen molar-refractivity contribution < 1.29 is 37.3 Å². The summed E-state index contributed by atoms with van der Waals surface area (Å²) >= 11 is 0. The molecule has 0 aromatic heterocycles. The van der Waals surface area contributed by atoms with Gasteiger partial charge in [0.05, 0.1) is 33.8 Å². The number of carbonyl (C=O) groups excluding carboxylic acids is 2. The van der Waals surface area contributed by atoms with Crippen molar-refractivity contribution in [1.82, 2.24) is 5.32 Å². The molecule has 9 nitrogen and oxygen atoms in total. The molecule has 10 heteroatoms. The standard InChI is InChI=1S/C61H113N2O7P/c1-7-10-13-16-19-22-25-28-30-32-34-36-39-42-45-48-51-54-61(65)70-59(52-49-46-43-40-37-27-24-21-18-15-12-9-3)58(57-69-71(66,67)68-56-55-63(4,5)6)62-60(64)53-50-47-44-41-38-35-33-31-29-26-23-20-17-14-11-8-2/h19,22,28,30-31,33,35,38,49,52,58-59H,7-18,20-21,23-27,29,32,34,36-37,39-48,50-51,53-57H2,1-6H3,(H-,62,64,66,67)/p+1/b22-19-,30-28-,33-31+,38-35+,52-49+. The van der Waals surface area contributed by atoms with Gasteiger partial charge in [-0.25, -0.2) is 4.57 Å². The highest BCUT2D eigenvalue weighted by atomic mass is 31.2. The summed E-state index contributed by atoms with van der Waals surface area (Å²) in [6.07, 6.45) is 63.5. The molecule has 0 heterocycles. The Morgan fingerprint density at radius 1 is 0.507 bits per heavy atom. The lowest BCUT2D eigenvalue weighted by Gasteiger charge is -2.27. The SMILES string of the molecule is CCCCC/C=C\C/C=C\CCCCCCCCCC(=O)OC(/C=C/CCCCCCCCCCCC)C(COP(=O)(O)OCC[N+](C)(C)C)NC(=O)CCCCC/C=C/C=C/CCCCCCCCC. The minimum atomic E-state index is -4.45. The second-order valence-electron chi connectivity index (χ2n) is 21.2. The Hall–Kier alpha value is -2.29. The zero-order chi connectivity index (χ0) is 52.2. The third kappa shape index (κ3) is 52.4. The van der Waals surface area contributed by atoms with Crippen molar-refractivity contribution in [2.45, 2.75) is 277 Å². The molecule has 0 saturated carbocycles. The molecular weight excluding hydrogens is 904 g/mol. The summed E-state index contributed by atoms with van der Waals surface area (Å²) in [6, 6.07) is -0.865. The molecule has 3 atom stereocenters. The third-order valence-corrected chi connectivity index (χ3v) is 13.9. The first-order valence-electron chi connectivity index (χ1n) is 29.6. The molecule has 0 aromatic carbocycles. The highest BCUT2D eigenvalue weighted by molar-refractivity contribution is 7.47. The van der Waals surface area contributed by atoms with Gasteiger partial charge in [0, 0.05) is 12.8 Å². The molecule has 0 aliphatic heterocycles. The number of quaternary nitrogens is 1. The van der Waals surface area contributed by atoms with Crippen molar-refractivity contribution in [3.8, 4) is 0 Å². The normalized spacial score (nSPS) is 14.2. The van der Waals surface area contributed by atoms with Crippen molar-refractivity contribution >= 4 is 19.7 Å². The molecule has 414 valence electrons. The average Bonchev–Trinajstić information content (AvgIpc) is 3.33. The first-order valence-corrected chi connectivity index (χ1v) is 31.1. The Balaban J connectivity index is 5.38. The van der Waals surface area contributed by atoms with Crippen molar-refractivity contribution in [2.24, 2.45) is 0 Å². The molecule has 3 unspecified atom stereocenters. The Labute approximate surface area is 439 Å².